The average molecular weight is 262 g/mol. The molecule has 1 unspecified atom stereocenters. The van der Waals surface area contributed by atoms with Gasteiger partial charge in [-0.05, 0) is 36.4 Å². The highest BCUT2D eigenvalue weighted by molar-refractivity contribution is 7.99. The van der Waals surface area contributed by atoms with E-state index in [1.807, 2.05) is 49.4 Å². The number of hydrogen-bond acceptors (Lipinski definition) is 2. The van der Waals surface area contributed by atoms with E-state index in [4.69, 9.17) is 0 Å². The summed E-state index contributed by atoms with van der Waals surface area (Å²) in [5.74, 6) is 0.672. The maximum absolute atomic E-state index is 11.6. The van der Waals surface area contributed by atoms with Crippen LogP contribution in [0.25, 0.3) is 0 Å². The third-order valence-corrected chi connectivity index (χ3v) is 4.67. The summed E-state index contributed by atoms with van der Waals surface area (Å²) in [4.78, 5) is 3.30. The van der Waals surface area contributed by atoms with Gasteiger partial charge in [-0.2, -0.15) is 0 Å². The lowest BCUT2D eigenvalue weighted by atomic mass is 10.4. The summed E-state index contributed by atoms with van der Waals surface area (Å²) in [7, 11) is -0.854. The van der Waals surface area contributed by atoms with Crippen molar-refractivity contribution >= 4 is 22.6 Å². The normalized spacial score (nSPS) is 12.3. The molecule has 0 spiro atoms. The van der Waals surface area contributed by atoms with Crippen LogP contribution in [0.2, 0.25) is 0 Å². The van der Waals surface area contributed by atoms with E-state index in [9.17, 15) is 4.21 Å². The largest absolute Gasteiger partial charge is 0.254 e. The highest BCUT2D eigenvalue weighted by Gasteiger charge is 2.01. The van der Waals surface area contributed by atoms with Crippen LogP contribution in [-0.2, 0) is 10.8 Å². The Balaban J connectivity index is 2.11. The molecule has 0 saturated heterocycles. The molecule has 0 N–H and O–H groups in total. The van der Waals surface area contributed by atoms with E-state index in [0.717, 1.165) is 4.90 Å². The van der Waals surface area contributed by atoms with E-state index in [0.29, 0.717) is 5.75 Å². The summed E-state index contributed by atoms with van der Waals surface area (Å²) >= 11 is 1.72. The minimum atomic E-state index is -0.854. The van der Waals surface area contributed by atoms with Crippen LogP contribution in [0.1, 0.15) is 6.92 Å². The Morgan fingerprint density at radius 1 is 0.941 bits per heavy atom. The van der Waals surface area contributed by atoms with Crippen molar-refractivity contribution in [2.75, 3.05) is 5.75 Å². The molecule has 0 aliphatic rings. The van der Waals surface area contributed by atoms with Crippen molar-refractivity contribution < 1.29 is 4.21 Å². The highest BCUT2D eigenvalue weighted by atomic mass is 32.2. The summed E-state index contributed by atoms with van der Waals surface area (Å²) in [5, 5.41) is 0. The van der Waals surface area contributed by atoms with Gasteiger partial charge in [-0.15, -0.1) is 0 Å². The van der Waals surface area contributed by atoms with Gasteiger partial charge in [-0.1, -0.05) is 36.9 Å². The Hall–Kier alpha value is -1.06. The fraction of sp³-hybridized carbons (Fsp3) is 0.143. The molecule has 2 rings (SSSR count). The molecule has 0 aromatic heterocycles. The van der Waals surface area contributed by atoms with Crippen molar-refractivity contribution in [2.45, 2.75) is 21.6 Å². The second-order valence-electron chi connectivity index (χ2n) is 3.52. The van der Waals surface area contributed by atoms with Gasteiger partial charge in [0.1, 0.15) is 0 Å². The van der Waals surface area contributed by atoms with Crippen molar-refractivity contribution in [3.05, 3.63) is 54.6 Å². The first-order chi connectivity index (χ1) is 8.29. The number of hydrogen-bond donors (Lipinski definition) is 0. The second kappa shape index (κ2) is 6.03. The molecule has 3 heteroatoms. The Labute approximate surface area is 109 Å². The van der Waals surface area contributed by atoms with E-state index in [2.05, 4.69) is 12.1 Å². The Kier molecular flexibility index (Phi) is 4.40. The number of rotatable bonds is 4. The van der Waals surface area contributed by atoms with Crippen LogP contribution in [0.5, 0.6) is 0 Å². The van der Waals surface area contributed by atoms with E-state index in [1.165, 1.54) is 9.79 Å². The average Bonchev–Trinajstić information content (AvgIpc) is 2.40. The lowest BCUT2D eigenvalue weighted by molar-refractivity contribution is 0.684. The first kappa shape index (κ1) is 12.4. The molecule has 88 valence electrons. The molecule has 1 nitrogen and oxygen atoms in total. The van der Waals surface area contributed by atoms with Crippen molar-refractivity contribution in [1.29, 1.82) is 0 Å². The molecule has 0 saturated carbocycles. The van der Waals surface area contributed by atoms with Gasteiger partial charge in [0.25, 0.3) is 0 Å². The molecule has 0 heterocycles. The quantitative estimate of drug-likeness (QED) is 0.829. The third-order valence-electron chi connectivity index (χ3n) is 2.33. The van der Waals surface area contributed by atoms with E-state index in [1.54, 1.807) is 11.8 Å². The van der Waals surface area contributed by atoms with Gasteiger partial charge >= 0.3 is 0 Å². The molecular formula is C14H14OS2. The van der Waals surface area contributed by atoms with Crippen molar-refractivity contribution in [3.8, 4) is 0 Å². The van der Waals surface area contributed by atoms with E-state index in [-0.39, 0.29) is 0 Å². The molecule has 2 aromatic rings. The Morgan fingerprint density at radius 3 is 2.12 bits per heavy atom. The van der Waals surface area contributed by atoms with Crippen LogP contribution in [0.15, 0.2) is 69.3 Å². The predicted octanol–water partition coefficient (Wildman–Crippen LogP) is 3.97. The van der Waals surface area contributed by atoms with Gasteiger partial charge in [0.15, 0.2) is 0 Å². The molecular weight excluding hydrogens is 248 g/mol. The van der Waals surface area contributed by atoms with Crippen molar-refractivity contribution in [2.24, 2.45) is 0 Å². The van der Waals surface area contributed by atoms with Crippen molar-refractivity contribution in [1.82, 2.24) is 0 Å². The van der Waals surface area contributed by atoms with E-state index < -0.39 is 10.8 Å². The monoisotopic (exact) mass is 262 g/mol. The topological polar surface area (TPSA) is 17.1 Å². The predicted molar refractivity (Wildman–Crippen MR) is 74.0 cm³/mol. The van der Waals surface area contributed by atoms with Crippen molar-refractivity contribution in [3.63, 3.8) is 0 Å². The van der Waals surface area contributed by atoms with Gasteiger partial charge < -0.3 is 0 Å². The minimum absolute atomic E-state index is 0.672. The summed E-state index contributed by atoms with van der Waals surface area (Å²) in [5.41, 5.74) is 0. The molecule has 17 heavy (non-hydrogen) atoms. The van der Waals surface area contributed by atoms with Gasteiger partial charge in [-0.3, -0.25) is 4.21 Å². The molecule has 0 amide bonds. The molecule has 0 bridgehead atoms. The standard InChI is InChI=1S/C14H14OS2/c1-2-17(15)14-10-8-13(9-11-14)16-12-6-4-3-5-7-12/h3-11H,2H2,1H3. The zero-order valence-electron chi connectivity index (χ0n) is 9.63. The summed E-state index contributed by atoms with van der Waals surface area (Å²) < 4.78 is 11.6. The first-order valence-corrected chi connectivity index (χ1v) is 7.64. The summed E-state index contributed by atoms with van der Waals surface area (Å²) in [6, 6.07) is 18.2. The van der Waals surface area contributed by atoms with Crippen LogP contribution in [-0.4, -0.2) is 9.96 Å². The first-order valence-electron chi connectivity index (χ1n) is 5.51. The zero-order valence-corrected chi connectivity index (χ0v) is 11.3. The lowest BCUT2D eigenvalue weighted by Crippen LogP contribution is -1.92. The van der Waals surface area contributed by atoms with Gasteiger partial charge in [0.05, 0.1) is 10.8 Å². The highest BCUT2D eigenvalue weighted by Crippen LogP contribution is 2.27. The maximum Gasteiger partial charge on any atom is 0.0526 e. The van der Waals surface area contributed by atoms with E-state index >= 15 is 0 Å². The van der Waals surface area contributed by atoms with Crippen LogP contribution in [0, 0.1) is 0 Å². The molecule has 0 fully saturated rings. The molecule has 0 aliphatic heterocycles. The van der Waals surface area contributed by atoms with Crippen LogP contribution in [0.3, 0.4) is 0 Å². The summed E-state index contributed by atoms with van der Waals surface area (Å²) in [6.45, 7) is 1.93. The number of benzene rings is 2. The molecule has 2 aromatic carbocycles. The third kappa shape index (κ3) is 3.45. The fourth-order valence-corrected chi connectivity index (χ4v) is 3.06. The lowest BCUT2D eigenvalue weighted by Gasteiger charge is -2.03. The fourth-order valence-electron chi connectivity index (χ4n) is 1.45. The van der Waals surface area contributed by atoms with Crippen LogP contribution < -0.4 is 0 Å². The van der Waals surface area contributed by atoms with Gasteiger partial charge in [0, 0.05) is 20.4 Å². The van der Waals surface area contributed by atoms with Gasteiger partial charge in [0.2, 0.25) is 0 Å². The van der Waals surface area contributed by atoms with Gasteiger partial charge in [-0.25, -0.2) is 0 Å². The Morgan fingerprint density at radius 2 is 1.53 bits per heavy atom. The molecule has 0 radical (unpaired) electrons. The van der Waals surface area contributed by atoms with Crippen LogP contribution >= 0.6 is 11.8 Å². The maximum atomic E-state index is 11.6. The smallest absolute Gasteiger partial charge is 0.0526 e. The SMILES string of the molecule is CCS(=O)c1ccc(Sc2ccccc2)cc1. The van der Waals surface area contributed by atoms with Crippen LogP contribution in [0.4, 0.5) is 0 Å². The second-order valence-corrected chi connectivity index (χ2v) is 6.41. The minimum Gasteiger partial charge on any atom is -0.254 e. The summed E-state index contributed by atoms with van der Waals surface area (Å²) in [6.07, 6.45) is 0. The Bertz CT molecular complexity index is 491. The molecule has 0 aliphatic carbocycles. The zero-order chi connectivity index (χ0) is 12.1. The molecule has 1 atom stereocenters.